The second-order valence-electron chi connectivity index (χ2n) is 4.82. The molecule has 0 atom stereocenters. The minimum Gasteiger partial charge on any atom is -0.497 e. The summed E-state index contributed by atoms with van der Waals surface area (Å²) in [5.41, 5.74) is 2.34. The Hall–Kier alpha value is -1.57. The van der Waals surface area contributed by atoms with Gasteiger partial charge in [0.1, 0.15) is 12.0 Å². The Kier molecular flexibility index (Phi) is 4.57. The quantitative estimate of drug-likeness (QED) is 0.594. The zero-order valence-electron chi connectivity index (χ0n) is 10.9. The van der Waals surface area contributed by atoms with E-state index in [1.807, 2.05) is 24.3 Å². The molecule has 0 heterocycles. The van der Waals surface area contributed by atoms with E-state index >= 15 is 0 Å². The normalized spacial score (nSPS) is 17.5. The van der Waals surface area contributed by atoms with Gasteiger partial charge in [-0.25, -0.2) is 0 Å². The standard InChI is InChI=1S/C16H20O2/c1-18-15-9-7-14(8-10-15)16(11-12-17)13-5-3-2-4-6-13/h7-13H,2-6H2,1H3/b16-11-. The molecule has 1 aromatic carbocycles. The highest BCUT2D eigenvalue weighted by molar-refractivity contribution is 5.82. The van der Waals surface area contributed by atoms with E-state index in [9.17, 15) is 4.79 Å². The van der Waals surface area contributed by atoms with Crippen LogP contribution in [0.3, 0.4) is 0 Å². The maximum atomic E-state index is 10.9. The minimum absolute atomic E-state index is 0.539. The third-order valence-electron chi connectivity index (χ3n) is 3.72. The summed E-state index contributed by atoms with van der Waals surface area (Å²) in [7, 11) is 1.66. The number of benzene rings is 1. The summed E-state index contributed by atoms with van der Waals surface area (Å²) in [5.74, 6) is 1.39. The van der Waals surface area contributed by atoms with E-state index in [0.29, 0.717) is 5.92 Å². The van der Waals surface area contributed by atoms with Gasteiger partial charge in [0.05, 0.1) is 7.11 Å². The fourth-order valence-corrected chi connectivity index (χ4v) is 2.74. The number of methoxy groups -OCH3 is 1. The van der Waals surface area contributed by atoms with Gasteiger partial charge in [-0.2, -0.15) is 0 Å². The second kappa shape index (κ2) is 6.39. The molecule has 0 aliphatic heterocycles. The third-order valence-corrected chi connectivity index (χ3v) is 3.72. The lowest BCUT2D eigenvalue weighted by Crippen LogP contribution is -2.08. The Labute approximate surface area is 109 Å². The predicted octanol–water partition coefficient (Wildman–Crippen LogP) is 3.86. The van der Waals surface area contributed by atoms with Gasteiger partial charge in [-0.1, -0.05) is 31.4 Å². The van der Waals surface area contributed by atoms with Crippen LogP contribution < -0.4 is 4.74 Å². The molecular weight excluding hydrogens is 224 g/mol. The van der Waals surface area contributed by atoms with Crippen LogP contribution in [0.4, 0.5) is 0 Å². The van der Waals surface area contributed by atoms with Crippen molar-refractivity contribution < 1.29 is 9.53 Å². The summed E-state index contributed by atoms with van der Waals surface area (Å²) >= 11 is 0. The topological polar surface area (TPSA) is 26.3 Å². The maximum absolute atomic E-state index is 10.9. The third kappa shape index (κ3) is 3.00. The van der Waals surface area contributed by atoms with E-state index in [0.717, 1.165) is 17.6 Å². The summed E-state index contributed by atoms with van der Waals surface area (Å²) < 4.78 is 5.17. The van der Waals surface area contributed by atoms with E-state index in [4.69, 9.17) is 4.74 Å². The molecule has 0 unspecified atom stereocenters. The molecule has 2 rings (SSSR count). The molecule has 0 spiro atoms. The lowest BCUT2D eigenvalue weighted by atomic mass is 9.81. The monoisotopic (exact) mass is 244 g/mol. The average molecular weight is 244 g/mol. The molecular formula is C16H20O2. The van der Waals surface area contributed by atoms with Crippen molar-refractivity contribution in [3.05, 3.63) is 35.9 Å². The molecule has 2 heteroatoms. The molecule has 1 aromatic rings. The highest BCUT2D eigenvalue weighted by Gasteiger charge is 2.18. The predicted molar refractivity (Wildman–Crippen MR) is 73.6 cm³/mol. The van der Waals surface area contributed by atoms with Gasteiger partial charge in [0, 0.05) is 0 Å². The van der Waals surface area contributed by atoms with Crippen molar-refractivity contribution in [3.63, 3.8) is 0 Å². The van der Waals surface area contributed by atoms with Crippen molar-refractivity contribution in [2.45, 2.75) is 32.1 Å². The first-order valence-corrected chi connectivity index (χ1v) is 6.65. The molecule has 1 aliphatic rings. The summed E-state index contributed by atoms with van der Waals surface area (Å²) in [6, 6.07) is 8.00. The van der Waals surface area contributed by atoms with Crippen molar-refractivity contribution >= 4 is 11.9 Å². The van der Waals surface area contributed by atoms with Gasteiger partial charge < -0.3 is 4.74 Å². The van der Waals surface area contributed by atoms with Gasteiger partial charge in [0.25, 0.3) is 0 Å². The molecule has 0 N–H and O–H groups in total. The molecule has 18 heavy (non-hydrogen) atoms. The van der Waals surface area contributed by atoms with E-state index in [2.05, 4.69) is 0 Å². The Morgan fingerprint density at radius 1 is 1.17 bits per heavy atom. The van der Waals surface area contributed by atoms with Crippen molar-refractivity contribution in [1.29, 1.82) is 0 Å². The zero-order chi connectivity index (χ0) is 12.8. The molecule has 0 saturated heterocycles. The lowest BCUT2D eigenvalue weighted by molar-refractivity contribution is -0.104. The van der Waals surface area contributed by atoms with Crippen molar-refractivity contribution in [2.24, 2.45) is 5.92 Å². The molecule has 1 saturated carbocycles. The smallest absolute Gasteiger partial charge is 0.143 e. The highest BCUT2D eigenvalue weighted by Crippen LogP contribution is 2.35. The van der Waals surface area contributed by atoms with E-state index in [1.165, 1.54) is 37.7 Å². The molecule has 0 radical (unpaired) electrons. The van der Waals surface area contributed by atoms with Crippen LogP contribution in [-0.4, -0.2) is 13.4 Å². The first-order chi connectivity index (χ1) is 8.85. The Morgan fingerprint density at radius 2 is 1.83 bits per heavy atom. The number of ether oxygens (including phenoxy) is 1. The summed E-state index contributed by atoms with van der Waals surface area (Å²) in [5, 5.41) is 0. The number of aldehydes is 1. The van der Waals surface area contributed by atoms with Crippen LogP contribution in [0.5, 0.6) is 5.75 Å². The van der Waals surface area contributed by atoms with Crippen LogP contribution in [-0.2, 0) is 4.79 Å². The molecule has 2 nitrogen and oxygen atoms in total. The summed E-state index contributed by atoms with van der Waals surface area (Å²) in [6.45, 7) is 0. The lowest BCUT2D eigenvalue weighted by Gasteiger charge is -2.24. The molecule has 96 valence electrons. The SMILES string of the molecule is COc1ccc(/C(=C\C=O)C2CCCCC2)cc1. The van der Waals surface area contributed by atoms with Crippen molar-refractivity contribution in [1.82, 2.24) is 0 Å². The van der Waals surface area contributed by atoms with Crippen LogP contribution >= 0.6 is 0 Å². The van der Waals surface area contributed by atoms with Gasteiger partial charge in [0.15, 0.2) is 0 Å². The number of carbonyl (C=O) groups excluding carboxylic acids is 1. The minimum atomic E-state index is 0.539. The number of hydrogen-bond donors (Lipinski definition) is 0. The van der Waals surface area contributed by atoms with Crippen molar-refractivity contribution in [3.8, 4) is 5.75 Å². The Morgan fingerprint density at radius 3 is 2.39 bits per heavy atom. The largest absolute Gasteiger partial charge is 0.497 e. The molecule has 1 aliphatic carbocycles. The Bertz CT molecular complexity index is 411. The van der Waals surface area contributed by atoms with E-state index in [-0.39, 0.29) is 0 Å². The number of hydrogen-bond acceptors (Lipinski definition) is 2. The van der Waals surface area contributed by atoms with Gasteiger partial charge in [-0.05, 0) is 48.1 Å². The molecule has 0 aromatic heterocycles. The van der Waals surface area contributed by atoms with Gasteiger partial charge in [0.2, 0.25) is 0 Å². The van der Waals surface area contributed by atoms with E-state index in [1.54, 1.807) is 13.2 Å². The molecule has 0 amide bonds. The zero-order valence-corrected chi connectivity index (χ0v) is 10.9. The van der Waals surface area contributed by atoms with Crippen LogP contribution in [0.2, 0.25) is 0 Å². The maximum Gasteiger partial charge on any atom is 0.143 e. The summed E-state index contributed by atoms with van der Waals surface area (Å²) in [6.07, 6.45) is 8.92. The highest BCUT2D eigenvalue weighted by atomic mass is 16.5. The van der Waals surface area contributed by atoms with Crippen LogP contribution in [0.15, 0.2) is 30.3 Å². The first kappa shape index (κ1) is 12.9. The van der Waals surface area contributed by atoms with Gasteiger partial charge in [-0.3, -0.25) is 4.79 Å². The van der Waals surface area contributed by atoms with Crippen LogP contribution in [0.1, 0.15) is 37.7 Å². The van der Waals surface area contributed by atoms with Gasteiger partial charge in [-0.15, -0.1) is 0 Å². The van der Waals surface area contributed by atoms with E-state index < -0.39 is 0 Å². The fraction of sp³-hybridized carbons (Fsp3) is 0.438. The molecule has 1 fully saturated rings. The Balaban J connectivity index is 2.23. The summed E-state index contributed by atoms with van der Waals surface area (Å²) in [4.78, 5) is 10.9. The van der Waals surface area contributed by atoms with Crippen molar-refractivity contribution in [2.75, 3.05) is 7.11 Å². The van der Waals surface area contributed by atoms with Crippen LogP contribution in [0.25, 0.3) is 5.57 Å². The number of allylic oxidation sites excluding steroid dienone is 2. The fourth-order valence-electron chi connectivity index (χ4n) is 2.74. The number of rotatable bonds is 4. The molecule has 0 bridgehead atoms. The van der Waals surface area contributed by atoms with Gasteiger partial charge >= 0.3 is 0 Å². The average Bonchev–Trinajstić information content (AvgIpc) is 2.46. The first-order valence-electron chi connectivity index (χ1n) is 6.65. The number of carbonyl (C=O) groups is 1. The van der Waals surface area contributed by atoms with Crippen LogP contribution in [0, 0.1) is 5.92 Å². The second-order valence-corrected chi connectivity index (χ2v) is 4.82.